The van der Waals surface area contributed by atoms with Crippen LogP contribution in [0.4, 0.5) is 0 Å². The summed E-state index contributed by atoms with van der Waals surface area (Å²) in [6, 6.07) is 60.2. The Balaban J connectivity index is 0.892. The first-order valence-electron chi connectivity index (χ1n) is 20.8. The van der Waals surface area contributed by atoms with Crippen LogP contribution in [0.1, 0.15) is 96.7 Å². The van der Waals surface area contributed by atoms with Gasteiger partial charge in [0.15, 0.2) is 0 Å². The van der Waals surface area contributed by atoms with Crippen molar-refractivity contribution in [3.05, 3.63) is 197 Å². The van der Waals surface area contributed by atoms with E-state index in [-0.39, 0.29) is 6.04 Å². The third-order valence-electron chi connectivity index (χ3n) is 14.3. The summed E-state index contributed by atoms with van der Waals surface area (Å²) in [5.74, 6) is 3.31. The highest BCUT2D eigenvalue weighted by Crippen LogP contribution is 2.84. The Labute approximate surface area is 332 Å². The SMILES string of the molecule is CCC1/C(c2ccccc2)=C\CCC(c2ccccc2)=NC1c1ccc(-c2ccc(C3CC4CC5CC(c6ccc(-c7ccc(C#N)cc7)cc6)C543)cc2)cc1. The third kappa shape index (κ3) is 5.79. The molecule has 0 saturated heterocycles. The van der Waals surface area contributed by atoms with E-state index in [0.717, 1.165) is 31.1 Å². The van der Waals surface area contributed by atoms with Crippen molar-refractivity contribution in [2.45, 2.75) is 63.3 Å². The zero-order valence-electron chi connectivity index (χ0n) is 32.2. The molecule has 56 heavy (non-hydrogen) atoms. The smallest absolute Gasteiger partial charge is 0.0991 e. The Morgan fingerprint density at radius 2 is 1.04 bits per heavy atom. The zero-order chi connectivity index (χ0) is 37.6. The molecule has 6 aromatic rings. The number of nitriles is 1. The summed E-state index contributed by atoms with van der Waals surface area (Å²) in [4.78, 5) is 5.61. The monoisotopic (exact) mass is 724 g/mol. The topological polar surface area (TPSA) is 36.1 Å². The van der Waals surface area contributed by atoms with Crippen LogP contribution in [0.5, 0.6) is 0 Å². The third-order valence-corrected chi connectivity index (χ3v) is 14.3. The van der Waals surface area contributed by atoms with Crippen LogP contribution in [-0.4, -0.2) is 5.71 Å². The predicted octanol–water partition coefficient (Wildman–Crippen LogP) is 13.6. The lowest BCUT2D eigenvalue weighted by Gasteiger charge is -2.79. The second kappa shape index (κ2) is 14.4. The lowest BCUT2D eigenvalue weighted by atomic mass is 9.25. The van der Waals surface area contributed by atoms with Crippen LogP contribution in [0.15, 0.2) is 169 Å². The fraction of sp³-hybridized carbons (Fsp3) is 0.259. The molecular formula is C54H48N2. The van der Waals surface area contributed by atoms with Gasteiger partial charge in [-0.05, 0) is 135 Å². The first kappa shape index (κ1) is 34.7. The van der Waals surface area contributed by atoms with E-state index >= 15 is 0 Å². The van der Waals surface area contributed by atoms with Gasteiger partial charge in [0.2, 0.25) is 0 Å². The number of nitrogens with zero attached hydrogens (tertiary/aromatic N) is 2. The van der Waals surface area contributed by atoms with Gasteiger partial charge in [-0.25, -0.2) is 0 Å². The van der Waals surface area contributed by atoms with Gasteiger partial charge in [-0.2, -0.15) is 5.26 Å². The van der Waals surface area contributed by atoms with E-state index in [1.165, 1.54) is 80.6 Å². The maximum Gasteiger partial charge on any atom is 0.0991 e. The van der Waals surface area contributed by atoms with Gasteiger partial charge in [-0.15, -0.1) is 0 Å². The van der Waals surface area contributed by atoms with Crippen molar-refractivity contribution in [3.8, 4) is 28.3 Å². The molecule has 3 fully saturated rings. The van der Waals surface area contributed by atoms with Crippen molar-refractivity contribution < 1.29 is 0 Å². The van der Waals surface area contributed by atoms with Gasteiger partial charge in [-0.3, -0.25) is 4.99 Å². The van der Waals surface area contributed by atoms with Crippen LogP contribution >= 0.6 is 0 Å². The Bertz CT molecular complexity index is 2430. The fourth-order valence-corrected chi connectivity index (χ4v) is 11.4. The van der Waals surface area contributed by atoms with Crippen LogP contribution in [0.25, 0.3) is 27.8 Å². The zero-order valence-corrected chi connectivity index (χ0v) is 32.2. The summed E-state index contributed by atoms with van der Waals surface area (Å²) in [5, 5.41) is 9.20. The molecule has 0 amide bonds. The molecule has 4 aliphatic rings. The lowest BCUT2D eigenvalue weighted by molar-refractivity contribution is -0.253. The van der Waals surface area contributed by atoms with E-state index in [0.29, 0.717) is 28.7 Å². The molecule has 0 bridgehead atoms. The van der Waals surface area contributed by atoms with Gasteiger partial charge in [0.25, 0.3) is 0 Å². The first-order valence-corrected chi connectivity index (χ1v) is 20.8. The molecule has 1 heterocycles. The second-order valence-electron chi connectivity index (χ2n) is 16.7. The molecule has 1 aliphatic heterocycles. The minimum atomic E-state index is 0.0437. The molecule has 2 heteroatoms. The van der Waals surface area contributed by atoms with Crippen molar-refractivity contribution in [3.63, 3.8) is 0 Å². The number of rotatable bonds is 8. The Morgan fingerprint density at radius 1 is 0.554 bits per heavy atom. The minimum absolute atomic E-state index is 0.0437. The highest BCUT2D eigenvalue weighted by molar-refractivity contribution is 6.01. The number of aliphatic imine (C=N–C) groups is 1. The number of benzene rings is 6. The Hall–Kier alpha value is -5.78. The molecule has 3 aliphatic carbocycles. The summed E-state index contributed by atoms with van der Waals surface area (Å²) >= 11 is 0. The molecule has 0 radical (unpaired) electrons. The van der Waals surface area contributed by atoms with Crippen LogP contribution in [0.3, 0.4) is 0 Å². The van der Waals surface area contributed by atoms with Crippen LogP contribution in [0, 0.1) is 34.5 Å². The predicted molar refractivity (Wildman–Crippen MR) is 230 cm³/mol. The molecule has 1 spiro atoms. The van der Waals surface area contributed by atoms with E-state index < -0.39 is 0 Å². The normalized spacial score (nSPS) is 27.2. The fourth-order valence-electron chi connectivity index (χ4n) is 11.4. The summed E-state index contributed by atoms with van der Waals surface area (Å²) < 4.78 is 0. The quantitative estimate of drug-likeness (QED) is 0.154. The van der Waals surface area contributed by atoms with Crippen LogP contribution in [-0.2, 0) is 0 Å². The average molecular weight is 725 g/mol. The van der Waals surface area contributed by atoms with E-state index in [9.17, 15) is 5.26 Å². The maximum atomic E-state index is 9.20. The Kier molecular flexibility index (Phi) is 8.91. The van der Waals surface area contributed by atoms with Gasteiger partial charge in [-0.1, -0.05) is 159 Å². The number of allylic oxidation sites excluding steroid dienone is 1. The largest absolute Gasteiger partial charge is 0.280 e. The first-order chi connectivity index (χ1) is 27.6. The van der Waals surface area contributed by atoms with Gasteiger partial charge in [0, 0.05) is 11.6 Å². The van der Waals surface area contributed by atoms with Crippen LogP contribution in [0.2, 0.25) is 0 Å². The van der Waals surface area contributed by atoms with Crippen molar-refractivity contribution in [1.29, 1.82) is 5.26 Å². The molecule has 274 valence electrons. The summed E-state index contributed by atoms with van der Waals surface area (Å²) in [7, 11) is 0. The van der Waals surface area contributed by atoms with Gasteiger partial charge >= 0.3 is 0 Å². The molecule has 3 saturated carbocycles. The second-order valence-corrected chi connectivity index (χ2v) is 16.7. The Morgan fingerprint density at radius 3 is 1.52 bits per heavy atom. The molecule has 0 N–H and O–H groups in total. The molecule has 7 unspecified atom stereocenters. The van der Waals surface area contributed by atoms with E-state index in [1.807, 2.05) is 12.1 Å². The summed E-state index contributed by atoms with van der Waals surface area (Å²) in [6.45, 7) is 2.32. The van der Waals surface area contributed by atoms with Gasteiger partial charge < -0.3 is 0 Å². The van der Waals surface area contributed by atoms with Crippen molar-refractivity contribution in [2.24, 2.45) is 28.2 Å². The molecule has 6 aromatic carbocycles. The molecule has 7 atom stereocenters. The number of hydrogen-bond donors (Lipinski definition) is 0. The maximum absolute atomic E-state index is 9.20. The summed E-state index contributed by atoms with van der Waals surface area (Å²) in [5.41, 5.74) is 15.6. The molecule has 2 nitrogen and oxygen atoms in total. The van der Waals surface area contributed by atoms with Gasteiger partial charge in [0.1, 0.15) is 0 Å². The number of hydrogen-bond acceptors (Lipinski definition) is 2. The van der Waals surface area contributed by atoms with Crippen molar-refractivity contribution >= 4 is 11.3 Å². The van der Waals surface area contributed by atoms with Crippen LogP contribution < -0.4 is 0 Å². The lowest BCUT2D eigenvalue weighted by Crippen LogP contribution is -2.70. The standard InChI is InChI=1S/C54H48N2/c1-2-48-49(41-10-5-3-6-11-41)14-9-15-52(44-12-7-4-8-13-44)56-53(48)45-30-24-40(25-31-45)39-22-28-43(29-23-39)51-34-47-32-46-33-50(54(46,47)51)42-26-20-38(21-27-42)37-18-16-36(35-55)17-19-37/h3-8,10-14,16-31,46-48,50-51,53H,2,9,15,32-34H2,1H3/b49-14-,56-52?. The van der Waals surface area contributed by atoms with E-state index in [4.69, 9.17) is 4.99 Å². The van der Waals surface area contributed by atoms with E-state index in [2.05, 4.69) is 165 Å². The van der Waals surface area contributed by atoms with Crippen molar-refractivity contribution in [2.75, 3.05) is 0 Å². The minimum Gasteiger partial charge on any atom is -0.280 e. The summed E-state index contributed by atoms with van der Waals surface area (Å²) in [6.07, 6.45) is 9.51. The van der Waals surface area contributed by atoms with Crippen molar-refractivity contribution in [1.82, 2.24) is 0 Å². The average Bonchev–Trinajstić information content (AvgIpc) is 3.24. The highest BCUT2D eigenvalue weighted by Gasteiger charge is 2.75. The molecule has 0 aromatic heterocycles. The molecule has 10 rings (SSSR count). The van der Waals surface area contributed by atoms with Gasteiger partial charge in [0.05, 0.1) is 17.7 Å². The van der Waals surface area contributed by atoms with E-state index in [1.54, 1.807) is 0 Å². The highest BCUT2D eigenvalue weighted by atomic mass is 14.8. The molecular weight excluding hydrogens is 677 g/mol.